The molecule has 602 valence electrons. The Labute approximate surface area is 648 Å². The van der Waals surface area contributed by atoms with Crippen LogP contribution in [0.1, 0.15) is 163 Å². The molecule has 7 aliphatic rings. The number of aromatic hydroxyl groups is 3. The van der Waals surface area contributed by atoms with Crippen LogP contribution in [0.15, 0.2) is 78.9 Å². The Hall–Kier alpha value is -9.20. The Bertz CT molecular complexity index is 4270. The molecule has 12 rings (SSSR count). The average molecular weight is 1590 g/mol. The second-order valence-corrected chi connectivity index (χ2v) is 30.0. The highest BCUT2D eigenvalue weighted by Crippen LogP contribution is 2.50. The van der Waals surface area contributed by atoms with Crippen molar-refractivity contribution in [2.45, 2.75) is 214 Å². The highest BCUT2D eigenvalue weighted by Gasteiger charge is 2.52. The number of aliphatic hydroxyl groups is 5. The number of hydrogen-bond donors (Lipinski definition) is 19. The fraction of sp³-hybridized carbons (Fsp3) is 0.500. The van der Waals surface area contributed by atoms with Crippen molar-refractivity contribution in [3.63, 3.8) is 0 Å². The maximum Gasteiger partial charge on any atom is 0.330 e. The topological polar surface area (TPSA) is 522 Å². The third kappa shape index (κ3) is 19.8. The summed E-state index contributed by atoms with van der Waals surface area (Å²) < 4.78 is 39.8. The molecule has 18 atom stereocenters. The summed E-state index contributed by atoms with van der Waals surface area (Å²) in [7, 11) is 1.49. The molecule has 0 saturated carbocycles. The van der Waals surface area contributed by atoms with Gasteiger partial charge in [-0.05, 0) is 123 Å². The largest absolute Gasteiger partial charge is 0.508 e. The molecular formula is C76H96Cl2N10O23. The van der Waals surface area contributed by atoms with Crippen molar-refractivity contribution in [1.82, 2.24) is 42.5 Å². The Morgan fingerprint density at radius 1 is 0.685 bits per heavy atom. The van der Waals surface area contributed by atoms with Gasteiger partial charge < -0.3 is 128 Å². The Kier molecular flexibility index (Phi) is 27.7. The van der Waals surface area contributed by atoms with Crippen molar-refractivity contribution in [1.29, 1.82) is 0 Å². The van der Waals surface area contributed by atoms with Crippen LogP contribution in [-0.4, -0.2) is 192 Å². The first-order chi connectivity index (χ1) is 52.7. The number of unbranched alkanes of at least 4 members (excludes halogenated alkanes) is 7. The number of phenolic OH excluding ortho intramolecular Hbond substituents is 3. The molecule has 35 heteroatoms. The fourth-order valence-electron chi connectivity index (χ4n) is 14.1. The lowest BCUT2D eigenvalue weighted by Crippen LogP contribution is -2.65. The summed E-state index contributed by atoms with van der Waals surface area (Å²) >= 11 is 14.3. The van der Waals surface area contributed by atoms with Gasteiger partial charge in [0.2, 0.25) is 53.4 Å². The Morgan fingerprint density at radius 3 is 1.89 bits per heavy atom. The van der Waals surface area contributed by atoms with Crippen molar-refractivity contribution in [2.75, 3.05) is 20.1 Å². The van der Waals surface area contributed by atoms with Gasteiger partial charge in [-0.25, -0.2) is 4.79 Å². The molecule has 7 amide bonds. The molecule has 33 nitrogen and oxygen atoms in total. The minimum atomic E-state index is -2.32. The van der Waals surface area contributed by atoms with Crippen LogP contribution in [0.4, 0.5) is 0 Å². The average Bonchev–Trinajstić information content (AvgIpc) is 0.768. The molecule has 111 heavy (non-hydrogen) atoms. The molecule has 0 unspecified atom stereocenters. The number of amides is 7. The minimum absolute atomic E-state index is 0.0920. The molecule has 11 bridgehead atoms. The number of aliphatic carboxylic acids is 1. The van der Waals surface area contributed by atoms with Gasteiger partial charge in [-0.15, -0.1) is 0 Å². The Morgan fingerprint density at radius 2 is 1.29 bits per heavy atom. The highest BCUT2D eigenvalue weighted by molar-refractivity contribution is 6.32. The number of carboxylic acids is 1. The van der Waals surface area contributed by atoms with E-state index in [2.05, 4.69) is 49.5 Å². The van der Waals surface area contributed by atoms with E-state index in [1.807, 2.05) is 13.8 Å². The summed E-state index contributed by atoms with van der Waals surface area (Å²) in [6.07, 6.45) is -9.36. The molecule has 7 heterocycles. The third-order valence-electron chi connectivity index (χ3n) is 20.1. The van der Waals surface area contributed by atoms with Gasteiger partial charge in [-0.3, -0.25) is 33.6 Å². The number of hydrogen-bond acceptors (Lipinski definition) is 25. The smallest absolute Gasteiger partial charge is 0.330 e. The van der Waals surface area contributed by atoms with Gasteiger partial charge in [0, 0.05) is 41.3 Å². The van der Waals surface area contributed by atoms with Gasteiger partial charge in [-0.2, -0.15) is 0 Å². The number of ether oxygens (including phenoxy) is 6. The summed E-state index contributed by atoms with van der Waals surface area (Å²) in [6.45, 7) is 9.25. The number of nitrogens with one attached hydrogen (secondary N) is 8. The van der Waals surface area contributed by atoms with Crippen LogP contribution in [0, 0.1) is 5.92 Å². The summed E-state index contributed by atoms with van der Waals surface area (Å²) in [5.41, 5.74) is 8.37. The number of aliphatic hydroxyl groups excluding tert-OH is 5. The molecule has 0 aliphatic carbocycles. The number of carbonyl (C=O) groups excluding carboxylic acids is 7. The first kappa shape index (κ1) is 84.3. The van der Waals surface area contributed by atoms with Crippen LogP contribution < -0.4 is 68.2 Å². The number of likely N-dealkylation sites (N-methyl/N-ethyl adjacent to an activating group) is 1. The van der Waals surface area contributed by atoms with Crippen LogP contribution in [0.25, 0.3) is 11.1 Å². The van der Waals surface area contributed by atoms with E-state index in [0.29, 0.717) is 6.54 Å². The van der Waals surface area contributed by atoms with Crippen molar-refractivity contribution < 1.29 is 113 Å². The summed E-state index contributed by atoms with van der Waals surface area (Å²) in [6, 6.07) is -0.0973. The number of benzene rings is 5. The predicted octanol–water partition coefficient (Wildman–Crippen LogP) is 3.84. The number of rotatable bonds is 23. The highest BCUT2D eigenvalue weighted by atomic mass is 35.5. The van der Waals surface area contributed by atoms with Crippen LogP contribution in [0.2, 0.25) is 10.0 Å². The van der Waals surface area contributed by atoms with Crippen molar-refractivity contribution in [3.8, 4) is 57.1 Å². The standard InChI is InChI=1S/C76H96Cl2N10O23/c1-7-8-9-10-11-12-13-14-21-82-32-52-63(95)64(96)66(110-54-31-76(5,80)67(97)34(4)106-54)75(109-52)111-65-50-26-38-27-51(65)108-49-20-17-37(25-43(49)78)62(94)60-73(103)86-58(74(104)105)41-28-39(89)29-47(91)55(41)40-23-35(15-18-46(40)90)56(70(100)88-60)85-71(101)57(38)84-69(99)45(30-53(79)92)83-72(102)59(87-68(98)44(81-6)22-33(2)3)61(93)36-16-19-48(107-50)42(77)24-36/h15-20,23-29,33-34,44-45,52,54,56-64,66-67,75,81-82,89-91,93-97H,7-14,21-22,30-32,80H2,1-6H3,(H2,79,92)(H,83,102)(H,84,99)(H,85,101)(H,86,103)(H,87,98)(H,88,100)(H,104,105)/t34-,44+,45-,52+,54-,56+,57+,58-,59+,60-,61+,62+,63+,64-,66+,67+,75-,76-/m0/s1. The zero-order valence-corrected chi connectivity index (χ0v) is 63.3. The maximum atomic E-state index is 16.2. The molecule has 2 saturated heterocycles. The minimum Gasteiger partial charge on any atom is -0.508 e. The summed E-state index contributed by atoms with van der Waals surface area (Å²) in [4.78, 5) is 118. The normalized spacial score (nSPS) is 27.9. The molecule has 7 aliphatic heterocycles. The van der Waals surface area contributed by atoms with Gasteiger partial charge >= 0.3 is 5.97 Å². The predicted molar refractivity (Wildman–Crippen MR) is 398 cm³/mol. The quantitative estimate of drug-likeness (QED) is 0.0413. The first-order valence-electron chi connectivity index (χ1n) is 36.7. The number of phenols is 3. The molecular weight excluding hydrogens is 1490 g/mol. The van der Waals surface area contributed by atoms with E-state index in [1.165, 1.54) is 44.3 Å². The van der Waals surface area contributed by atoms with Gasteiger partial charge in [0.15, 0.2) is 29.9 Å². The van der Waals surface area contributed by atoms with E-state index >= 15 is 14.4 Å². The number of carboxylic acid groups (broad SMARTS) is 1. The number of nitrogens with two attached hydrogens (primary N) is 2. The number of halogens is 2. The van der Waals surface area contributed by atoms with Crippen molar-refractivity contribution >= 4 is 70.5 Å². The van der Waals surface area contributed by atoms with Gasteiger partial charge in [-0.1, -0.05) is 107 Å². The second-order valence-electron chi connectivity index (χ2n) is 29.2. The lowest BCUT2D eigenvalue weighted by atomic mass is 9.86. The van der Waals surface area contributed by atoms with E-state index in [0.717, 1.165) is 99.9 Å². The fourth-order valence-corrected chi connectivity index (χ4v) is 14.6. The molecule has 21 N–H and O–H groups in total. The van der Waals surface area contributed by atoms with Crippen LogP contribution in [-0.2, 0) is 52.6 Å². The lowest BCUT2D eigenvalue weighted by Gasteiger charge is -2.47. The maximum absolute atomic E-state index is 16.2. The molecule has 5 aromatic rings. The van der Waals surface area contributed by atoms with Gasteiger partial charge in [0.1, 0.15) is 89.5 Å². The third-order valence-corrected chi connectivity index (χ3v) is 20.7. The van der Waals surface area contributed by atoms with Crippen molar-refractivity contribution in [2.24, 2.45) is 17.4 Å². The zero-order chi connectivity index (χ0) is 80.6. The van der Waals surface area contributed by atoms with Crippen LogP contribution in [0.3, 0.4) is 0 Å². The van der Waals surface area contributed by atoms with Gasteiger partial charge in [0.25, 0.3) is 0 Å². The lowest BCUT2D eigenvalue weighted by molar-refractivity contribution is -0.330. The SMILES string of the molecule is CCCCCCCCCCNC[C@H]1O[C@@H](Oc2c3cc4cc2Oc2ccc(cc2Cl)[C@@H](O)[C@@H](NC(=O)[C@@H](CC(C)C)NC)C(=O)N[C@@H](CC(N)=O)C(=O)N[C@H]4C(=O)N[C@H]2C(=O)N[C@H](C(=O)N[C@H](C(=O)O)c4cc(O)cc(O)c4-c4cc2ccc4O)[C@H](O)c2ccc(c(Cl)c2)O3)[C@H](O[C@H]2C[C@](C)(N)[C@H](O)[C@H](C)O2)[C@@H](O)[C@@H]1O. The molecule has 0 spiro atoms. The van der Waals surface area contributed by atoms with Gasteiger partial charge in [0.05, 0.1) is 34.7 Å². The summed E-state index contributed by atoms with van der Waals surface area (Å²) in [5.74, 6) is -15.5. The van der Waals surface area contributed by atoms with Crippen LogP contribution >= 0.6 is 23.2 Å². The van der Waals surface area contributed by atoms with Crippen molar-refractivity contribution in [3.05, 3.63) is 117 Å². The molecule has 0 radical (unpaired) electrons. The summed E-state index contributed by atoms with van der Waals surface area (Å²) in [5, 5.41) is 125. The molecule has 2 fully saturated rings. The molecule has 0 aromatic heterocycles. The first-order valence-corrected chi connectivity index (χ1v) is 37.5. The van der Waals surface area contributed by atoms with Crippen LogP contribution in [0.5, 0.6) is 46.0 Å². The number of carbonyl (C=O) groups is 8. The van der Waals surface area contributed by atoms with E-state index in [-0.39, 0.29) is 58.5 Å². The van der Waals surface area contributed by atoms with E-state index < -0.39 is 225 Å². The van der Waals surface area contributed by atoms with E-state index in [1.54, 1.807) is 6.92 Å². The Balaban J connectivity index is 1.21. The molecule has 5 aromatic carbocycles. The zero-order valence-electron chi connectivity index (χ0n) is 61.7. The number of fused-ring (bicyclic) bond motifs is 15. The second kappa shape index (κ2) is 36.5. The van der Waals surface area contributed by atoms with E-state index in [9.17, 15) is 69.9 Å². The monoisotopic (exact) mass is 1590 g/mol. The number of primary amides is 1. The van der Waals surface area contributed by atoms with E-state index in [4.69, 9.17) is 63.1 Å².